The predicted molar refractivity (Wildman–Crippen MR) is 78.7 cm³/mol. The fourth-order valence-electron chi connectivity index (χ4n) is 3.07. The van der Waals surface area contributed by atoms with Gasteiger partial charge in [-0.1, -0.05) is 12.8 Å². The molecule has 0 saturated heterocycles. The highest BCUT2D eigenvalue weighted by molar-refractivity contribution is 5.02. The summed E-state index contributed by atoms with van der Waals surface area (Å²) >= 11 is 0. The van der Waals surface area contributed by atoms with Gasteiger partial charge in [-0.3, -0.25) is 4.68 Å². The molecule has 1 N–H and O–H groups in total. The van der Waals surface area contributed by atoms with Gasteiger partial charge in [-0.25, -0.2) is 9.67 Å². The monoisotopic (exact) mass is 286 g/mol. The normalized spacial score (nSPS) is 19.4. The zero-order chi connectivity index (χ0) is 14.1. The van der Waals surface area contributed by atoms with E-state index in [0.29, 0.717) is 18.6 Å². The Balaban J connectivity index is 1.41. The molecule has 2 fully saturated rings. The highest BCUT2D eigenvalue weighted by atomic mass is 15.4. The molecular weight excluding hydrogens is 264 g/mol. The van der Waals surface area contributed by atoms with E-state index < -0.39 is 0 Å². The Kier molecular flexibility index (Phi) is 3.47. The Morgan fingerprint density at radius 2 is 2.05 bits per heavy atom. The third-order valence-electron chi connectivity index (χ3n) is 4.50. The van der Waals surface area contributed by atoms with Gasteiger partial charge in [-0.15, -0.1) is 0 Å². The van der Waals surface area contributed by atoms with Gasteiger partial charge in [-0.2, -0.15) is 10.2 Å². The first-order valence-corrected chi connectivity index (χ1v) is 8.02. The van der Waals surface area contributed by atoms with Crippen LogP contribution in [-0.4, -0.2) is 30.6 Å². The summed E-state index contributed by atoms with van der Waals surface area (Å²) in [5.74, 6) is 0.998. The number of aromatic nitrogens is 5. The molecule has 0 unspecified atom stereocenters. The lowest BCUT2D eigenvalue weighted by Crippen LogP contribution is -2.20. The van der Waals surface area contributed by atoms with E-state index >= 15 is 0 Å². The van der Waals surface area contributed by atoms with Gasteiger partial charge in [0.15, 0.2) is 0 Å². The molecule has 21 heavy (non-hydrogen) atoms. The average Bonchev–Trinajstić information content (AvgIpc) is 2.93. The number of hydrogen-bond acceptors (Lipinski definition) is 4. The van der Waals surface area contributed by atoms with E-state index in [-0.39, 0.29) is 0 Å². The molecule has 0 radical (unpaired) electrons. The first-order chi connectivity index (χ1) is 10.4. The standard InChI is InChI=1S/C15H22N6/c1-2-4-14(3-1)20-8-7-13(19-20)10-21-15(17-11-18-21)9-16-12-5-6-12/h7-8,11-12,14,16H,1-6,9-10H2. The molecule has 0 spiro atoms. The van der Waals surface area contributed by atoms with Crippen LogP contribution < -0.4 is 5.32 Å². The van der Waals surface area contributed by atoms with Gasteiger partial charge in [0.2, 0.25) is 0 Å². The highest BCUT2D eigenvalue weighted by Crippen LogP contribution is 2.28. The van der Waals surface area contributed by atoms with Crippen molar-refractivity contribution in [2.45, 2.75) is 63.7 Å². The van der Waals surface area contributed by atoms with Crippen LogP contribution in [0.25, 0.3) is 0 Å². The van der Waals surface area contributed by atoms with Crippen LogP contribution in [0.4, 0.5) is 0 Å². The van der Waals surface area contributed by atoms with Crippen LogP contribution in [0.3, 0.4) is 0 Å². The summed E-state index contributed by atoms with van der Waals surface area (Å²) in [4.78, 5) is 4.35. The summed E-state index contributed by atoms with van der Waals surface area (Å²) in [5.41, 5.74) is 1.07. The van der Waals surface area contributed by atoms with Crippen molar-refractivity contribution in [2.24, 2.45) is 0 Å². The van der Waals surface area contributed by atoms with Crippen LogP contribution in [0.5, 0.6) is 0 Å². The summed E-state index contributed by atoms with van der Waals surface area (Å²) in [6.45, 7) is 1.51. The maximum absolute atomic E-state index is 4.72. The Labute approximate surface area is 124 Å². The number of nitrogens with one attached hydrogen (secondary N) is 1. The fourth-order valence-corrected chi connectivity index (χ4v) is 3.07. The van der Waals surface area contributed by atoms with Gasteiger partial charge < -0.3 is 5.32 Å². The molecule has 2 aromatic heterocycles. The van der Waals surface area contributed by atoms with Gasteiger partial charge in [0.05, 0.1) is 24.8 Å². The lowest BCUT2D eigenvalue weighted by atomic mass is 10.3. The molecule has 6 nitrogen and oxygen atoms in total. The maximum Gasteiger partial charge on any atom is 0.141 e. The second-order valence-electron chi connectivity index (χ2n) is 6.21. The third kappa shape index (κ3) is 3.00. The SMILES string of the molecule is c1nc(CNC2CC2)n(Cc2ccn(C3CCCC3)n2)n1. The number of rotatable bonds is 6. The van der Waals surface area contributed by atoms with Gasteiger partial charge in [0.1, 0.15) is 12.2 Å². The lowest BCUT2D eigenvalue weighted by Gasteiger charge is -2.09. The molecule has 112 valence electrons. The minimum absolute atomic E-state index is 0.602. The average molecular weight is 286 g/mol. The second-order valence-corrected chi connectivity index (χ2v) is 6.21. The van der Waals surface area contributed by atoms with E-state index in [1.54, 1.807) is 6.33 Å². The molecule has 0 aromatic carbocycles. The number of nitrogens with zero attached hydrogens (tertiary/aromatic N) is 5. The molecule has 6 heteroatoms. The topological polar surface area (TPSA) is 60.6 Å². The molecule has 2 saturated carbocycles. The van der Waals surface area contributed by atoms with Crippen molar-refractivity contribution in [1.29, 1.82) is 0 Å². The minimum atomic E-state index is 0.602. The lowest BCUT2D eigenvalue weighted by molar-refractivity contribution is 0.459. The Bertz CT molecular complexity index is 591. The molecule has 0 aliphatic heterocycles. The third-order valence-corrected chi connectivity index (χ3v) is 4.50. The quantitative estimate of drug-likeness (QED) is 0.881. The van der Waals surface area contributed by atoms with Crippen LogP contribution in [0.1, 0.15) is 56.1 Å². The van der Waals surface area contributed by atoms with Crippen molar-refractivity contribution in [3.05, 3.63) is 30.1 Å². The zero-order valence-corrected chi connectivity index (χ0v) is 12.3. The second kappa shape index (κ2) is 5.60. The minimum Gasteiger partial charge on any atom is -0.307 e. The smallest absolute Gasteiger partial charge is 0.141 e. The van der Waals surface area contributed by atoms with Crippen LogP contribution in [-0.2, 0) is 13.1 Å². The van der Waals surface area contributed by atoms with Crippen molar-refractivity contribution in [3.8, 4) is 0 Å². The highest BCUT2D eigenvalue weighted by Gasteiger charge is 2.21. The molecule has 2 aromatic rings. The van der Waals surface area contributed by atoms with Crippen molar-refractivity contribution in [3.63, 3.8) is 0 Å². The van der Waals surface area contributed by atoms with Gasteiger partial charge >= 0.3 is 0 Å². The van der Waals surface area contributed by atoms with Crippen LogP contribution in [0.15, 0.2) is 18.6 Å². The molecule has 0 bridgehead atoms. The molecule has 2 aliphatic rings. The van der Waals surface area contributed by atoms with E-state index in [2.05, 4.69) is 32.3 Å². The van der Waals surface area contributed by atoms with Crippen LogP contribution in [0.2, 0.25) is 0 Å². The molecule has 0 atom stereocenters. The van der Waals surface area contributed by atoms with Gasteiger partial charge in [0.25, 0.3) is 0 Å². The molecule has 2 aliphatic carbocycles. The first-order valence-electron chi connectivity index (χ1n) is 8.02. The summed E-state index contributed by atoms with van der Waals surface area (Å²) in [6, 6.07) is 3.40. The molecule has 4 rings (SSSR count). The van der Waals surface area contributed by atoms with Crippen LogP contribution >= 0.6 is 0 Å². The molecular formula is C15H22N6. The van der Waals surface area contributed by atoms with E-state index in [9.17, 15) is 0 Å². The van der Waals surface area contributed by atoms with Crippen molar-refractivity contribution in [2.75, 3.05) is 0 Å². The Morgan fingerprint density at radius 3 is 2.86 bits per heavy atom. The van der Waals surface area contributed by atoms with Crippen molar-refractivity contribution < 1.29 is 0 Å². The van der Waals surface area contributed by atoms with E-state index in [0.717, 1.165) is 18.1 Å². The summed E-state index contributed by atoms with van der Waals surface area (Å²) in [5, 5.41) is 12.5. The van der Waals surface area contributed by atoms with E-state index in [1.807, 2.05) is 4.68 Å². The van der Waals surface area contributed by atoms with E-state index in [1.165, 1.54) is 38.5 Å². The summed E-state index contributed by atoms with van der Waals surface area (Å²) in [7, 11) is 0. The molecule has 2 heterocycles. The Hall–Kier alpha value is -1.69. The largest absolute Gasteiger partial charge is 0.307 e. The molecule has 0 amide bonds. The van der Waals surface area contributed by atoms with Gasteiger partial charge in [-0.05, 0) is 31.7 Å². The summed E-state index contributed by atoms with van der Waals surface area (Å²) < 4.78 is 4.10. The van der Waals surface area contributed by atoms with Crippen molar-refractivity contribution in [1.82, 2.24) is 29.9 Å². The van der Waals surface area contributed by atoms with Gasteiger partial charge in [0, 0.05) is 12.2 Å². The van der Waals surface area contributed by atoms with Crippen LogP contribution in [0, 0.1) is 0 Å². The summed E-state index contributed by atoms with van der Waals surface area (Å²) in [6.07, 6.45) is 11.5. The predicted octanol–water partition coefficient (Wildman–Crippen LogP) is 1.89. The Morgan fingerprint density at radius 1 is 1.19 bits per heavy atom. The first kappa shape index (κ1) is 13.0. The zero-order valence-electron chi connectivity index (χ0n) is 12.3. The van der Waals surface area contributed by atoms with Crippen molar-refractivity contribution >= 4 is 0 Å². The van der Waals surface area contributed by atoms with E-state index in [4.69, 9.17) is 5.10 Å². The fraction of sp³-hybridized carbons (Fsp3) is 0.667. The number of hydrogen-bond donors (Lipinski definition) is 1. The maximum atomic E-state index is 4.72.